The van der Waals surface area contributed by atoms with E-state index in [9.17, 15) is 41.0 Å². The summed E-state index contributed by atoms with van der Waals surface area (Å²) in [5.41, 5.74) is -1.95. The van der Waals surface area contributed by atoms with E-state index in [0.717, 1.165) is 4.68 Å². The molecule has 2 N–H and O–H groups in total. The van der Waals surface area contributed by atoms with Crippen molar-refractivity contribution in [1.82, 2.24) is 44.3 Å². The fraction of sp³-hybridized carbons (Fsp3) is 0.467. The van der Waals surface area contributed by atoms with Gasteiger partial charge in [-0.25, -0.2) is 29.0 Å². The van der Waals surface area contributed by atoms with Crippen molar-refractivity contribution in [1.29, 1.82) is 0 Å². The number of pyridine rings is 1. The number of nitrogens with one attached hydrogen (secondary N) is 1. The summed E-state index contributed by atoms with van der Waals surface area (Å²) in [7, 11) is 0. The molecular formula is C30H31Cl2F6N9O4. The summed E-state index contributed by atoms with van der Waals surface area (Å²) < 4.78 is 92.9. The van der Waals surface area contributed by atoms with E-state index < -0.39 is 80.0 Å². The SMILES string of the molecule is CC(C)(C)OC(O)N1C[C@@H](C(F)(F)F)C[C@H]1C(=O)NC(Cn1c(-c2ccc(Cl)cc2)nn(Cc2ncn(-c3ncccc3Cl)n2)c1=O)C(F)(F)F. The minimum atomic E-state index is -5.20. The lowest BCUT2D eigenvalue weighted by Crippen LogP contribution is -2.56. The first-order valence-electron chi connectivity index (χ1n) is 15.2. The Morgan fingerprint density at radius 3 is 2.35 bits per heavy atom. The highest BCUT2D eigenvalue weighted by molar-refractivity contribution is 6.32. The lowest BCUT2D eigenvalue weighted by Gasteiger charge is -2.33. The van der Waals surface area contributed by atoms with E-state index in [4.69, 9.17) is 27.9 Å². The van der Waals surface area contributed by atoms with Gasteiger partial charge in [-0.15, -0.1) is 10.2 Å². The number of halogens is 8. The number of benzene rings is 1. The number of carbonyl (C=O) groups excluding carboxylic acids is 1. The van der Waals surface area contributed by atoms with Crippen molar-refractivity contribution >= 4 is 29.1 Å². The smallest absolute Gasteiger partial charge is 0.356 e. The van der Waals surface area contributed by atoms with Crippen LogP contribution in [0.15, 0.2) is 53.7 Å². The summed E-state index contributed by atoms with van der Waals surface area (Å²) in [6, 6.07) is 4.17. The molecule has 21 heteroatoms. The zero-order valence-electron chi connectivity index (χ0n) is 27.0. The molecule has 1 aliphatic rings. The Balaban J connectivity index is 1.47. The molecule has 51 heavy (non-hydrogen) atoms. The van der Waals surface area contributed by atoms with Crippen molar-refractivity contribution in [2.45, 2.75) is 76.7 Å². The molecule has 0 bridgehead atoms. The lowest BCUT2D eigenvalue weighted by molar-refractivity contribution is -0.245. The van der Waals surface area contributed by atoms with E-state index in [0.29, 0.717) is 9.47 Å². The number of hydrogen-bond donors (Lipinski definition) is 2. The fourth-order valence-electron chi connectivity index (χ4n) is 5.34. The molecule has 0 aliphatic carbocycles. The first-order valence-corrected chi connectivity index (χ1v) is 16.0. The van der Waals surface area contributed by atoms with Gasteiger partial charge in [0.15, 0.2) is 17.5 Å². The maximum Gasteiger partial charge on any atom is 0.410 e. The number of amides is 1. The van der Waals surface area contributed by atoms with Gasteiger partial charge in [-0.2, -0.15) is 26.3 Å². The zero-order valence-corrected chi connectivity index (χ0v) is 28.5. The monoisotopic (exact) mass is 765 g/mol. The van der Waals surface area contributed by atoms with Gasteiger partial charge in [0.1, 0.15) is 18.9 Å². The molecule has 3 aromatic heterocycles. The van der Waals surface area contributed by atoms with Crippen LogP contribution < -0.4 is 11.0 Å². The van der Waals surface area contributed by atoms with Crippen LogP contribution in [-0.4, -0.2) is 93.0 Å². The normalized spacial score (nSPS) is 18.6. The molecule has 276 valence electrons. The van der Waals surface area contributed by atoms with Crippen LogP contribution in [0, 0.1) is 5.92 Å². The number of ether oxygens (including phenoxy) is 1. The minimum absolute atomic E-state index is 0.0170. The predicted molar refractivity (Wildman–Crippen MR) is 170 cm³/mol. The average molecular weight is 767 g/mol. The maximum atomic E-state index is 14.6. The largest absolute Gasteiger partial charge is 0.410 e. The summed E-state index contributed by atoms with van der Waals surface area (Å²) in [5, 5.41) is 21.3. The highest BCUT2D eigenvalue weighted by Crippen LogP contribution is 2.38. The molecule has 0 radical (unpaired) electrons. The molecule has 1 amide bonds. The maximum absolute atomic E-state index is 14.6. The number of aliphatic hydroxyl groups excluding tert-OH is 1. The number of likely N-dealkylation sites (tertiary alicyclic amines) is 1. The zero-order chi connectivity index (χ0) is 37.5. The van der Waals surface area contributed by atoms with Crippen LogP contribution in [0.1, 0.15) is 33.0 Å². The number of nitrogens with zero attached hydrogens (tertiary/aromatic N) is 8. The lowest BCUT2D eigenvalue weighted by atomic mass is 10.0. The Hall–Kier alpha value is -4.04. The number of alkyl halides is 6. The van der Waals surface area contributed by atoms with Gasteiger partial charge in [0.05, 0.1) is 29.1 Å². The molecule has 2 unspecified atom stereocenters. The van der Waals surface area contributed by atoms with Crippen molar-refractivity contribution in [2.24, 2.45) is 5.92 Å². The van der Waals surface area contributed by atoms with E-state index in [1.807, 2.05) is 0 Å². The van der Waals surface area contributed by atoms with Crippen LogP contribution in [0.4, 0.5) is 26.3 Å². The molecule has 13 nitrogen and oxygen atoms in total. The quantitative estimate of drug-likeness (QED) is 0.177. The van der Waals surface area contributed by atoms with Gasteiger partial charge in [0.25, 0.3) is 0 Å². The molecule has 0 saturated carbocycles. The number of carbonyl (C=O) groups is 1. The molecule has 4 aromatic rings. The van der Waals surface area contributed by atoms with Gasteiger partial charge < -0.3 is 15.2 Å². The van der Waals surface area contributed by atoms with Crippen molar-refractivity contribution in [2.75, 3.05) is 6.54 Å². The predicted octanol–water partition coefficient (Wildman–Crippen LogP) is 4.43. The van der Waals surface area contributed by atoms with Crippen LogP contribution in [0.3, 0.4) is 0 Å². The summed E-state index contributed by atoms with van der Waals surface area (Å²) in [6.45, 7) is 1.95. The molecule has 0 spiro atoms. The number of hydrogen-bond acceptors (Lipinski definition) is 9. The van der Waals surface area contributed by atoms with Gasteiger partial charge in [-0.1, -0.05) is 23.2 Å². The minimum Gasteiger partial charge on any atom is -0.356 e. The van der Waals surface area contributed by atoms with Gasteiger partial charge in [-0.05, 0) is 63.6 Å². The third-order valence-electron chi connectivity index (χ3n) is 7.74. The van der Waals surface area contributed by atoms with Crippen LogP contribution in [-0.2, 0) is 22.6 Å². The first-order chi connectivity index (χ1) is 23.7. The Morgan fingerprint density at radius 1 is 1.06 bits per heavy atom. The van der Waals surface area contributed by atoms with Crippen molar-refractivity contribution in [3.05, 3.63) is 75.3 Å². The first kappa shape index (κ1) is 38.2. The average Bonchev–Trinajstić information content (AvgIpc) is 3.75. The summed E-state index contributed by atoms with van der Waals surface area (Å²) >= 11 is 12.2. The molecule has 1 aromatic carbocycles. The third-order valence-corrected chi connectivity index (χ3v) is 8.28. The molecule has 4 atom stereocenters. The fourth-order valence-corrected chi connectivity index (χ4v) is 5.67. The molecular weight excluding hydrogens is 735 g/mol. The molecule has 1 saturated heterocycles. The van der Waals surface area contributed by atoms with Crippen molar-refractivity contribution in [3.63, 3.8) is 0 Å². The third kappa shape index (κ3) is 9.07. The Kier molecular flexibility index (Phi) is 10.9. The topological polar surface area (TPSA) is 145 Å². The van der Waals surface area contributed by atoms with E-state index in [2.05, 4.69) is 20.2 Å². The second-order valence-electron chi connectivity index (χ2n) is 12.6. The van der Waals surface area contributed by atoms with Gasteiger partial charge in [0, 0.05) is 23.3 Å². The highest BCUT2D eigenvalue weighted by atomic mass is 35.5. The molecule has 5 rings (SSSR count). The Morgan fingerprint density at radius 2 is 1.75 bits per heavy atom. The molecule has 1 fully saturated rings. The van der Waals surface area contributed by atoms with Gasteiger partial charge in [-0.3, -0.25) is 9.36 Å². The standard InChI is InChI=1S/C30H31Cl2F6N9O4/c1-28(2,3)51-27(50)44-12-17(29(33,34)35)11-20(44)25(48)41-21(30(36,37)38)13-45-23(16-6-8-18(31)9-7-16)43-46(26(45)49)14-22-40-15-47(42-22)24-19(32)5-4-10-39-24/h4-10,15,17,20-21,27,50H,11-14H2,1-3H3,(H,41,48)/t17-,20-,21?,27?/m0/s1. The van der Waals surface area contributed by atoms with E-state index in [1.165, 1.54) is 62.2 Å². The Labute approximate surface area is 295 Å². The van der Waals surface area contributed by atoms with E-state index in [-0.39, 0.29) is 33.1 Å². The van der Waals surface area contributed by atoms with Crippen LogP contribution in [0.2, 0.25) is 10.0 Å². The van der Waals surface area contributed by atoms with Crippen molar-refractivity contribution < 1.29 is 41.0 Å². The van der Waals surface area contributed by atoms with E-state index >= 15 is 0 Å². The van der Waals surface area contributed by atoms with Gasteiger partial charge in [0.2, 0.25) is 12.3 Å². The summed E-state index contributed by atoms with van der Waals surface area (Å²) in [6.07, 6.45) is -10.3. The van der Waals surface area contributed by atoms with Crippen LogP contribution in [0.5, 0.6) is 0 Å². The van der Waals surface area contributed by atoms with Crippen LogP contribution in [0.25, 0.3) is 17.2 Å². The van der Waals surface area contributed by atoms with E-state index in [1.54, 1.807) is 17.4 Å². The summed E-state index contributed by atoms with van der Waals surface area (Å²) in [5.74, 6) is -3.61. The van der Waals surface area contributed by atoms with Crippen LogP contribution >= 0.6 is 23.2 Å². The van der Waals surface area contributed by atoms with Gasteiger partial charge >= 0.3 is 18.0 Å². The highest BCUT2D eigenvalue weighted by Gasteiger charge is 2.53. The summed E-state index contributed by atoms with van der Waals surface area (Å²) in [4.78, 5) is 35.9. The number of aromatic nitrogens is 7. The second kappa shape index (κ2) is 14.5. The molecule has 1 aliphatic heterocycles. The molecule has 4 heterocycles. The Bertz CT molecular complexity index is 1910. The number of rotatable bonds is 10. The number of aliphatic hydroxyl groups is 1. The van der Waals surface area contributed by atoms with Crippen molar-refractivity contribution in [3.8, 4) is 17.2 Å². The second-order valence-corrected chi connectivity index (χ2v) is 13.5.